The first-order chi connectivity index (χ1) is 12.7. The van der Waals surface area contributed by atoms with E-state index in [0.29, 0.717) is 23.1 Å². The number of nitrogens with one attached hydrogen (secondary N) is 1. The van der Waals surface area contributed by atoms with Crippen LogP contribution in [-0.4, -0.2) is 23.2 Å². The Morgan fingerprint density at radius 2 is 2.08 bits per heavy atom. The number of amides is 1. The van der Waals surface area contributed by atoms with Crippen LogP contribution in [0.5, 0.6) is 11.5 Å². The number of benzene rings is 1. The summed E-state index contributed by atoms with van der Waals surface area (Å²) in [6.07, 6.45) is 1.59. The van der Waals surface area contributed by atoms with Crippen molar-refractivity contribution in [3.63, 3.8) is 0 Å². The van der Waals surface area contributed by atoms with E-state index in [2.05, 4.69) is 15.5 Å². The molecule has 0 radical (unpaired) electrons. The largest absolute Gasteiger partial charge is 0.497 e. The highest BCUT2D eigenvalue weighted by Gasteiger charge is 2.13. The monoisotopic (exact) mass is 354 g/mol. The lowest BCUT2D eigenvalue weighted by atomic mass is 10.2. The number of rotatable bonds is 7. The first-order valence-electron chi connectivity index (χ1n) is 7.85. The molecule has 3 rings (SSSR count). The number of nitrogens with zero attached hydrogens (tertiary/aromatic N) is 2. The molecule has 3 N–H and O–H groups in total. The van der Waals surface area contributed by atoms with Crippen LogP contribution < -0.4 is 20.5 Å². The van der Waals surface area contributed by atoms with Gasteiger partial charge in [0.15, 0.2) is 11.5 Å². The number of hydrogen-bond donors (Lipinski definition) is 2. The highest BCUT2D eigenvalue weighted by molar-refractivity contribution is 5.92. The molecular formula is C18H18N4O4. The smallest absolute Gasteiger partial charge is 0.273 e. The molecule has 3 aromatic rings. The van der Waals surface area contributed by atoms with Crippen LogP contribution in [0.3, 0.4) is 0 Å². The molecule has 8 heteroatoms. The standard InChI is InChI=1S/C18H18N4O4/c1-24-13-5-2-6-14(8-13)25-11-15-9-16(22-26-15)18(23)21-10-12-4-3-7-20-17(12)19/h2-9H,10-11H2,1H3,(H2,19,20)(H,21,23). The zero-order valence-corrected chi connectivity index (χ0v) is 14.1. The van der Waals surface area contributed by atoms with Crippen molar-refractivity contribution in [2.75, 3.05) is 12.8 Å². The van der Waals surface area contributed by atoms with E-state index >= 15 is 0 Å². The normalized spacial score (nSPS) is 10.3. The zero-order valence-electron chi connectivity index (χ0n) is 14.1. The van der Waals surface area contributed by atoms with Gasteiger partial charge in [-0.05, 0) is 18.2 Å². The second kappa shape index (κ2) is 8.02. The third-order valence-corrected chi connectivity index (χ3v) is 3.58. The Morgan fingerprint density at radius 3 is 2.88 bits per heavy atom. The van der Waals surface area contributed by atoms with Gasteiger partial charge in [0.1, 0.15) is 23.9 Å². The molecular weight excluding hydrogens is 336 g/mol. The second-order valence-corrected chi connectivity index (χ2v) is 5.38. The minimum atomic E-state index is -0.371. The van der Waals surface area contributed by atoms with E-state index in [4.69, 9.17) is 19.7 Å². The lowest BCUT2D eigenvalue weighted by Gasteiger charge is -2.05. The Kier molecular flexibility index (Phi) is 5.33. The molecule has 1 amide bonds. The van der Waals surface area contributed by atoms with Crippen molar-refractivity contribution in [3.8, 4) is 11.5 Å². The molecule has 134 valence electrons. The third-order valence-electron chi connectivity index (χ3n) is 3.58. The number of carbonyl (C=O) groups is 1. The lowest BCUT2D eigenvalue weighted by Crippen LogP contribution is -2.23. The summed E-state index contributed by atoms with van der Waals surface area (Å²) in [4.78, 5) is 16.1. The predicted octanol–water partition coefficient (Wildman–Crippen LogP) is 2.17. The van der Waals surface area contributed by atoms with Gasteiger partial charge >= 0.3 is 0 Å². The molecule has 0 atom stereocenters. The number of hydrogen-bond acceptors (Lipinski definition) is 7. The summed E-state index contributed by atoms with van der Waals surface area (Å²) >= 11 is 0. The van der Waals surface area contributed by atoms with Crippen molar-refractivity contribution < 1.29 is 18.8 Å². The molecule has 0 unspecified atom stereocenters. The molecule has 0 spiro atoms. The van der Waals surface area contributed by atoms with Crippen LogP contribution in [0.25, 0.3) is 0 Å². The number of methoxy groups -OCH3 is 1. The summed E-state index contributed by atoms with van der Waals surface area (Å²) < 4.78 is 15.9. The van der Waals surface area contributed by atoms with Crippen LogP contribution in [0.4, 0.5) is 5.82 Å². The Labute approximate surface area is 149 Å². The summed E-state index contributed by atoms with van der Waals surface area (Å²) in [5.74, 6) is 1.75. The molecule has 0 aliphatic heterocycles. The molecule has 2 aromatic heterocycles. The van der Waals surface area contributed by atoms with Crippen LogP contribution in [-0.2, 0) is 13.2 Å². The van der Waals surface area contributed by atoms with E-state index in [-0.39, 0.29) is 24.8 Å². The van der Waals surface area contributed by atoms with Gasteiger partial charge in [0.05, 0.1) is 7.11 Å². The van der Waals surface area contributed by atoms with Crippen molar-refractivity contribution in [1.29, 1.82) is 0 Å². The summed E-state index contributed by atoms with van der Waals surface area (Å²) in [5.41, 5.74) is 6.63. The number of pyridine rings is 1. The van der Waals surface area contributed by atoms with E-state index in [1.165, 1.54) is 6.07 Å². The number of nitrogens with two attached hydrogens (primary N) is 1. The topological polar surface area (TPSA) is 112 Å². The van der Waals surface area contributed by atoms with E-state index in [1.807, 2.05) is 12.1 Å². The molecule has 1 aromatic carbocycles. The van der Waals surface area contributed by atoms with Crippen LogP contribution in [0.2, 0.25) is 0 Å². The van der Waals surface area contributed by atoms with Crippen LogP contribution >= 0.6 is 0 Å². The van der Waals surface area contributed by atoms with Gasteiger partial charge in [-0.3, -0.25) is 4.79 Å². The lowest BCUT2D eigenvalue weighted by molar-refractivity contribution is 0.0941. The summed E-state index contributed by atoms with van der Waals surface area (Å²) in [5, 5.41) is 6.48. The fourth-order valence-electron chi connectivity index (χ4n) is 2.20. The van der Waals surface area contributed by atoms with E-state index in [0.717, 1.165) is 5.56 Å². The molecule has 2 heterocycles. The molecule has 0 saturated carbocycles. The molecule has 0 fully saturated rings. The maximum absolute atomic E-state index is 12.1. The maximum atomic E-state index is 12.1. The first-order valence-corrected chi connectivity index (χ1v) is 7.85. The van der Waals surface area contributed by atoms with Gasteiger partial charge in [-0.1, -0.05) is 17.3 Å². The van der Waals surface area contributed by atoms with E-state index in [9.17, 15) is 4.79 Å². The van der Waals surface area contributed by atoms with Gasteiger partial charge < -0.3 is 25.0 Å². The molecule has 0 aliphatic carbocycles. The number of carbonyl (C=O) groups excluding carboxylic acids is 1. The van der Waals surface area contributed by atoms with Crippen LogP contribution in [0.1, 0.15) is 21.8 Å². The number of aromatic nitrogens is 2. The minimum absolute atomic E-state index is 0.142. The molecule has 8 nitrogen and oxygen atoms in total. The quantitative estimate of drug-likeness (QED) is 0.668. The van der Waals surface area contributed by atoms with Crippen molar-refractivity contribution in [2.45, 2.75) is 13.2 Å². The van der Waals surface area contributed by atoms with Gasteiger partial charge in [-0.2, -0.15) is 0 Å². The van der Waals surface area contributed by atoms with Crippen LogP contribution in [0, 0.1) is 0 Å². The van der Waals surface area contributed by atoms with Crippen molar-refractivity contribution >= 4 is 11.7 Å². The first kappa shape index (κ1) is 17.3. The highest BCUT2D eigenvalue weighted by Crippen LogP contribution is 2.20. The molecule has 0 bridgehead atoms. The van der Waals surface area contributed by atoms with Gasteiger partial charge in [0, 0.05) is 30.4 Å². The number of anilines is 1. The Hall–Kier alpha value is -3.55. The van der Waals surface area contributed by atoms with E-state index in [1.54, 1.807) is 37.6 Å². The van der Waals surface area contributed by atoms with Gasteiger partial charge in [-0.25, -0.2) is 4.98 Å². The third kappa shape index (κ3) is 4.29. The highest BCUT2D eigenvalue weighted by atomic mass is 16.5. The average Bonchev–Trinajstić information content (AvgIpc) is 3.15. The van der Waals surface area contributed by atoms with Crippen molar-refractivity contribution in [3.05, 3.63) is 65.7 Å². The van der Waals surface area contributed by atoms with Gasteiger partial charge in [0.25, 0.3) is 5.91 Å². The Morgan fingerprint density at radius 1 is 1.23 bits per heavy atom. The Bertz CT molecular complexity index is 894. The van der Waals surface area contributed by atoms with Crippen molar-refractivity contribution in [2.24, 2.45) is 0 Å². The zero-order chi connectivity index (χ0) is 18.4. The Balaban J connectivity index is 1.55. The summed E-state index contributed by atoms with van der Waals surface area (Å²) in [7, 11) is 1.58. The van der Waals surface area contributed by atoms with Crippen LogP contribution in [0.15, 0.2) is 53.2 Å². The summed E-state index contributed by atoms with van der Waals surface area (Å²) in [6, 6.07) is 12.3. The fourth-order valence-corrected chi connectivity index (χ4v) is 2.20. The minimum Gasteiger partial charge on any atom is -0.497 e. The predicted molar refractivity (Wildman–Crippen MR) is 93.6 cm³/mol. The van der Waals surface area contributed by atoms with E-state index < -0.39 is 0 Å². The number of ether oxygens (including phenoxy) is 2. The summed E-state index contributed by atoms with van der Waals surface area (Å²) in [6.45, 7) is 0.393. The second-order valence-electron chi connectivity index (χ2n) is 5.38. The fraction of sp³-hybridized carbons (Fsp3) is 0.167. The molecule has 0 aliphatic rings. The van der Waals surface area contributed by atoms with Crippen molar-refractivity contribution in [1.82, 2.24) is 15.5 Å². The average molecular weight is 354 g/mol. The maximum Gasteiger partial charge on any atom is 0.273 e. The molecule has 26 heavy (non-hydrogen) atoms. The SMILES string of the molecule is COc1cccc(OCc2cc(C(=O)NCc3cccnc3N)no2)c1. The van der Waals surface area contributed by atoms with Gasteiger partial charge in [-0.15, -0.1) is 0 Å². The number of nitrogen functional groups attached to an aromatic ring is 1. The van der Waals surface area contributed by atoms with Gasteiger partial charge in [0.2, 0.25) is 0 Å². The molecule has 0 saturated heterocycles.